The van der Waals surface area contributed by atoms with Gasteiger partial charge in [-0.25, -0.2) is 0 Å². The van der Waals surface area contributed by atoms with Crippen molar-refractivity contribution >= 4 is 23.5 Å². The Balaban J connectivity index is 1.95. The van der Waals surface area contributed by atoms with Crippen LogP contribution in [0.3, 0.4) is 0 Å². The van der Waals surface area contributed by atoms with Crippen molar-refractivity contribution in [2.24, 2.45) is 0 Å². The third-order valence-electron chi connectivity index (χ3n) is 3.66. The summed E-state index contributed by atoms with van der Waals surface area (Å²) in [5.41, 5.74) is 1.01. The minimum absolute atomic E-state index is 0.271. The first-order valence-electron chi connectivity index (χ1n) is 7.89. The molecule has 0 saturated heterocycles. The predicted octanol–water partition coefficient (Wildman–Crippen LogP) is 3.39. The van der Waals surface area contributed by atoms with Gasteiger partial charge in [0.15, 0.2) is 0 Å². The first-order chi connectivity index (χ1) is 12.4. The molecule has 1 atom stereocenters. The van der Waals surface area contributed by atoms with Crippen molar-refractivity contribution in [2.75, 3.05) is 20.8 Å². The molecule has 0 heterocycles. The van der Waals surface area contributed by atoms with E-state index < -0.39 is 18.0 Å². The van der Waals surface area contributed by atoms with Crippen LogP contribution < -0.4 is 14.8 Å². The standard InChI is InChI=1S/C19H20ClNO5/c1-12(16-6-4-5-7-17(16)20)26-18(22)11-21-19(23)13-8-14(24-2)10-15(9-13)25-3/h4-10,12H,11H2,1-3H3,(H,21,23)/t12-/m1/s1. The molecule has 2 rings (SSSR count). The Morgan fingerprint density at radius 2 is 1.69 bits per heavy atom. The first-order valence-corrected chi connectivity index (χ1v) is 8.27. The SMILES string of the molecule is COc1cc(OC)cc(C(=O)NCC(=O)O[C@H](C)c2ccccc2Cl)c1. The van der Waals surface area contributed by atoms with Crippen molar-refractivity contribution in [1.82, 2.24) is 5.32 Å². The summed E-state index contributed by atoms with van der Waals surface area (Å²) in [4.78, 5) is 24.2. The highest BCUT2D eigenvalue weighted by Gasteiger charge is 2.16. The Labute approximate surface area is 157 Å². The Hall–Kier alpha value is -2.73. The number of nitrogens with one attached hydrogen (secondary N) is 1. The van der Waals surface area contributed by atoms with Crippen LogP contribution in [0.25, 0.3) is 0 Å². The molecule has 0 radical (unpaired) electrons. The summed E-state index contributed by atoms with van der Waals surface area (Å²) in [6.07, 6.45) is -0.523. The zero-order valence-corrected chi connectivity index (χ0v) is 15.5. The van der Waals surface area contributed by atoms with Crippen LogP contribution in [0.1, 0.15) is 28.9 Å². The molecule has 6 nitrogen and oxygen atoms in total. The van der Waals surface area contributed by atoms with Crippen molar-refractivity contribution in [2.45, 2.75) is 13.0 Å². The van der Waals surface area contributed by atoms with Gasteiger partial charge in [0, 0.05) is 22.2 Å². The smallest absolute Gasteiger partial charge is 0.326 e. The summed E-state index contributed by atoms with van der Waals surface area (Å²) >= 11 is 6.08. The number of benzene rings is 2. The maximum Gasteiger partial charge on any atom is 0.326 e. The predicted molar refractivity (Wildman–Crippen MR) is 97.8 cm³/mol. The zero-order chi connectivity index (χ0) is 19.1. The molecule has 0 aliphatic rings. The summed E-state index contributed by atoms with van der Waals surface area (Å²) in [6.45, 7) is 1.45. The average Bonchev–Trinajstić information content (AvgIpc) is 2.65. The molecule has 0 saturated carbocycles. The number of esters is 1. The van der Waals surface area contributed by atoms with Crippen molar-refractivity contribution in [3.05, 3.63) is 58.6 Å². The molecule has 7 heteroatoms. The number of hydrogen-bond donors (Lipinski definition) is 1. The van der Waals surface area contributed by atoms with Gasteiger partial charge in [-0.2, -0.15) is 0 Å². The Morgan fingerprint density at radius 1 is 1.08 bits per heavy atom. The molecule has 0 spiro atoms. The van der Waals surface area contributed by atoms with E-state index in [0.29, 0.717) is 27.6 Å². The fourth-order valence-corrected chi connectivity index (χ4v) is 2.59. The molecule has 0 aromatic heterocycles. The Kier molecular flexibility index (Phi) is 6.86. The van der Waals surface area contributed by atoms with Crippen LogP contribution in [0, 0.1) is 0 Å². The van der Waals surface area contributed by atoms with Gasteiger partial charge in [-0.1, -0.05) is 29.8 Å². The molecule has 0 fully saturated rings. The lowest BCUT2D eigenvalue weighted by Gasteiger charge is -2.15. The van der Waals surface area contributed by atoms with Gasteiger partial charge >= 0.3 is 5.97 Å². The van der Waals surface area contributed by atoms with E-state index >= 15 is 0 Å². The lowest BCUT2D eigenvalue weighted by Crippen LogP contribution is -2.31. The lowest BCUT2D eigenvalue weighted by molar-refractivity contribution is -0.147. The number of ether oxygens (including phenoxy) is 3. The van der Waals surface area contributed by atoms with Crippen LogP contribution >= 0.6 is 11.6 Å². The highest BCUT2D eigenvalue weighted by molar-refractivity contribution is 6.31. The van der Waals surface area contributed by atoms with Crippen LogP contribution in [-0.2, 0) is 9.53 Å². The molecule has 0 aliphatic heterocycles. The lowest BCUT2D eigenvalue weighted by atomic mass is 10.1. The monoisotopic (exact) mass is 377 g/mol. The van der Waals surface area contributed by atoms with Gasteiger partial charge in [0.05, 0.1) is 14.2 Å². The third kappa shape index (κ3) is 5.13. The molecule has 2 aromatic carbocycles. The van der Waals surface area contributed by atoms with Crippen LogP contribution in [0.2, 0.25) is 5.02 Å². The van der Waals surface area contributed by atoms with E-state index in [1.807, 2.05) is 6.07 Å². The van der Waals surface area contributed by atoms with Crippen molar-refractivity contribution < 1.29 is 23.8 Å². The van der Waals surface area contributed by atoms with Gasteiger partial charge in [-0.15, -0.1) is 0 Å². The molecule has 1 N–H and O–H groups in total. The summed E-state index contributed by atoms with van der Waals surface area (Å²) in [7, 11) is 2.98. The van der Waals surface area contributed by atoms with Crippen LogP contribution in [-0.4, -0.2) is 32.6 Å². The fourth-order valence-electron chi connectivity index (χ4n) is 2.30. The van der Waals surface area contributed by atoms with E-state index in [2.05, 4.69) is 5.32 Å². The molecule has 138 valence electrons. The van der Waals surface area contributed by atoms with Gasteiger partial charge in [-0.05, 0) is 25.1 Å². The van der Waals surface area contributed by atoms with E-state index in [1.165, 1.54) is 14.2 Å². The topological polar surface area (TPSA) is 73.9 Å². The van der Waals surface area contributed by atoms with Gasteiger partial charge in [-0.3, -0.25) is 9.59 Å². The number of carbonyl (C=O) groups is 2. The van der Waals surface area contributed by atoms with Crippen molar-refractivity contribution in [3.63, 3.8) is 0 Å². The average molecular weight is 378 g/mol. The highest BCUT2D eigenvalue weighted by atomic mass is 35.5. The van der Waals surface area contributed by atoms with E-state index in [9.17, 15) is 9.59 Å². The molecular formula is C19H20ClNO5. The molecule has 26 heavy (non-hydrogen) atoms. The van der Waals surface area contributed by atoms with Crippen LogP contribution in [0.5, 0.6) is 11.5 Å². The summed E-state index contributed by atoms with van der Waals surface area (Å²) in [6, 6.07) is 11.9. The van der Waals surface area contributed by atoms with Crippen LogP contribution in [0.15, 0.2) is 42.5 Å². The minimum atomic E-state index is -0.569. The van der Waals surface area contributed by atoms with E-state index in [1.54, 1.807) is 43.3 Å². The quantitative estimate of drug-likeness (QED) is 0.748. The minimum Gasteiger partial charge on any atom is -0.497 e. The van der Waals surface area contributed by atoms with E-state index in [4.69, 9.17) is 25.8 Å². The second-order valence-electron chi connectivity index (χ2n) is 5.44. The molecule has 1 amide bonds. The molecule has 2 aromatic rings. The van der Waals surface area contributed by atoms with Crippen molar-refractivity contribution in [1.29, 1.82) is 0 Å². The number of rotatable bonds is 7. The number of amides is 1. The maximum absolute atomic E-state index is 12.2. The normalized spacial score (nSPS) is 11.4. The van der Waals surface area contributed by atoms with Gasteiger partial charge in [0.2, 0.25) is 0 Å². The zero-order valence-electron chi connectivity index (χ0n) is 14.7. The van der Waals surface area contributed by atoms with Gasteiger partial charge < -0.3 is 19.5 Å². The van der Waals surface area contributed by atoms with Gasteiger partial charge in [0.25, 0.3) is 5.91 Å². The number of halogens is 1. The third-order valence-corrected chi connectivity index (χ3v) is 4.00. The summed E-state index contributed by atoms with van der Waals surface area (Å²) in [5.74, 6) is -0.0565. The van der Waals surface area contributed by atoms with Crippen molar-refractivity contribution in [3.8, 4) is 11.5 Å². The number of hydrogen-bond acceptors (Lipinski definition) is 5. The second kappa shape index (κ2) is 9.10. The molecular weight excluding hydrogens is 358 g/mol. The Bertz CT molecular complexity index is 771. The maximum atomic E-state index is 12.2. The molecule has 0 aliphatic carbocycles. The second-order valence-corrected chi connectivity index (χ2v) is 5.84. The number of carbonyl (C=O) groups excluding carboxylic acids is 2. The number of methoxy groups -OCH3 is 2. The first kappa shape index (κ1) is 19.6. The van der Waals surface area contributed by atoms with Crippen LogP contribution in [0.4, 0.5) is 0 Å². The largest absolute Gasteiger partial charge is 0.497 e. The Morgan fingerprint density at radius 3 is 2.27 bits per heavy atom. The van der Waals surface area contributed by atoms with Gasteiger partial charge in [0.1, 0.15) is 24.1 Å². The molecule has 0 bridgehead atoms. The summed E-state index contributed by atoms with van der Waals surface area (Å²) < 4.78 is 15.5. The molecule has 0 unspecified atom stereocenters. The van der Waals surface area contributed by atoms with E-state index in [-0.39, 0.29) is 6.54 Å². The highest BCUT2D eigenvalue weighted by Crippen LogP contribution is 2.25. The fraction of sp³-hybridized carbons (Fsp3) is 0.263. The summed E-state index contributed by atoms with van der Waals surface area (Å²) in [5, 5.41) is 3.03. The van der Waals surface area contributed by atoms with E-state index in [0.717, 1.165) is 0 Å².